The predicted octanol–water partition coefficient (Wildman–Crippen LogP) is 8.15. The number of aliphatic hydroxyl groups is 1. The topological polar surface area (TPSA) is 162 Å². The van der Waals surface area contributed by atoms with Crippen LogP contribution in [0.4, 0.5) is 0 Å². The molecule has 0 aromatic heterocycles. The van der Waals surface area contributed by atoms with Gasteiger partial charge in [0.05, 0.1) is 29.9 Å². The fourth-order valence-corrected chi connectivity index (χ4v) is 11.3. The molecule has 2 amide bonds. The van der Waals surface area contributed by atoms with E-state index in [1.165, 1.54) is 5.57 Å². The van der Waals surface area contributed by atoms with E-state index in [4.69, 9.17) is 23.7 Å². The van der Waals surface area contributed by atoms with Crippen LogP contribution in [-0.4, -0.2) is 82.9 Å². The lowest BCUT2D eigenvalue weighted by Crippen LogP contribution is -2.45. The molecule has 2 aromatic rings. The van der Waals surface area contributed by atoms with E-state index in [1.807, 2.05) is 36.4 Å². The number of ether oxygens (including phenoxy) is 5. The van der Waals surface area contributed by atoms with Crippen LogP contribution in [0.5, 0.6) is 0 Å². The van der Waals surface area contributed by atoms with Crippen LogP contribution in [-0.2, 0) is 39.8 Å². The van der Waals surface area contributed by atoms with Crippen LogP contribution in [0.2, 0.25) is 0 Å². The summed E-state index contributed by atoms with van der Waals surface area (Å²) in [6, 6.07) is 13.9. The van der Waals surface area contributed by atoms with E-state index in [0.717, 1.165) is 63.4 Å². The number of allylic oxidation sites excluding steroid dienone is 1. The first-order valence-electron chi connectivity index (χ1n) is 24.2. The average Bonchev–Trinajstić information content (AvgIpc) is 4.18. The Bertz CT molecular complexity index is 2220. The molecule has 0 bridgehead atoms. The third-order valence-electron chi connectivity index (χ3n) is 15.2. The van der Waals surface area contributed by atoms with Crippen LogP contribution >= 0.6 is 0 Å². The van der Waals surface area contributed by atoms with Crippen LogP contribution in [0.25, 0.3) is 6.08 Å². The van der Waals surface area contributed by atoms with Crippen molar-refractivity contribution in [1.29, 1.82) is 0 Å². The SMILES string of the molecule is CC(C)(C)OC(=O)CC[C@@H](CO)NC(=O)c1cccc(CNC(=O)C2=C[C@H]3OC(C4CC4)(C4CC4)O[C@H]3[C@H](OC(=O)c3ccccc3C=C3CCC4O[C@]4(C)CC[C@@H]4[C@@H]3CC4(C)C)C2)c1. The van der Waals surface area contributed by atoms with Gasteiger partial charge < -0.3 is 39.4 Å². The molecular weight excluding hydrogens is 825 g/mol. The highest BCUT2D eigenvalue weighted by Gasteiger charge is 2.65. The maximum atomic E-state index is 14.5. The Morgan fingerprint density at radius 2 is 1.68 bits per heavy atom. The van der Waals surface area contributed by atoms with Crippen molar-refractivity contribution in [1.82, 2.24) is 10.6 Å². The number of rotatable bonds is 14. The zero-order chi connectivity index (χ0) is 45.9. The number of aliphatic hydroxyl groups excluding tert-OH is 1. The molecule has 12 nitrogen and oxygen atoms in total. The fourth-order valence-electron chi connectivity index (χ4n) is 11.3. The van der Waals surface area contributed by atoms with Crippen molar-refractivity contribution in [2.24, 2.45) is 29.1 Å². The number of carbonyl (C=O) groups excluding carboxylic acids is 4. The summed E-state index contributed by atoms with van der Waals surface area (Å²) in [5.74, 6) is -0.706. The summed E-state index contributed by atoms with van der Waals surface area (Å²) in [5, 5.41) is 15.8. The van der Waals surface area contributed by atoms with Gasteiger partial charge in [-0.05, 0) is 145 Å². The minimum Gasteiger partial charge on any atom is -0.460 e. The molecule has 3 N–H and O–H groups in total. The first kappa shape index (κ1) is 45.8. The normalized spacial score (nSPS) is 30.9. The van der Waals surface area contributed by atoms with Crippen molar-refractivity contribution < 1.29 is 48.0 Å². The molecule has 6 fully saturated rings. The van der Waals surface area contributed by atoms with E-state index in [0.29, 0.717) is 34.1 Å². The van der Waals surface area contributed by atoms with Gasteiger partial charge in [0.2, 0.25) is 5.91 Å². The van der Waals surface area contributed by atoms with Gasteiger partial charge in [-0.15, -0.1) is 0 Å². The van der Waals surface area contributed by atoms with Crippen molar-refractivity contribution in [2.45, 2.75) is 173 Å². The Labute approximate surface area is 383 Å². The standard InChI is InChI=1S/C53H68N2O10/c1-50(2,3)64-45(57)21-19-38(30-56)55-48(59)34-12-9-10-31(24-34)29-54-47(58)35-26-42(46-43(27-35)62-53(65-46,36-15-16-36)37-17-18-37)61-49(60)39-13-8-7-11-32(39)25-33-14-20-44-52(6,63-44)23-22-41-40(33)28-51(41,4)5/h7-13,24-25,27,36-38,40-44,46,56H,14-23,26,28-30H2,1-6H3,(H,54,58)(H,55,59)/t38-,40+,41+,42+,43+,44?,46-,52+/m0/s1. The van der Waals surface area contributed by atoms with Gasteiger partial charge >= 0.3 is 11.9 Å². The van der Waals surface area contributed by atoms with Crippen LogP contribution in [0, 0.1) is 29.1 Å². The third-order valence-corrected chi connectivity index (χ3v) is 15.2. The lowest BCUT2D eigenvalue weighted by atomic mass is 9.52. The maximum Gasteiger partial charge on any atom is 0.339 e. The van der Waals surface area contributed by atoms with Crippen LogP contribution < -0.4 is 10.6 Å². The number of hydrogen-bond acceptors (Lipinski definition) is 10. The minimum atomic E-state index is -0.758. The molecule has 2 aromatic carbocycles. The Kier molecular flexibility index (Phi) is 12.5. The van der Waals surface area contributed by atoms with Gasteiger partial charge in [-0.2, -0.15) is 0 Å². The van der Waals surface area contributed by atoms with Gasteiger partial charge in [-0.25, -0.2) is 4.79 Å². The number of epoxide rings is 1. The van der Waals surface area contributed by atoms with Crippen molar-refractivity contribution in [3.8, 4) is 0 Å². The van der Waals surface area contributed by atoms with Crippen molar-refractivity contribution in [3.63, 3.8) is 0 Å². The first-order chi connectivity index (χ1) is 30.9. The van der Waals surface area contributed by atoms with Crippen molar-refractivity contribution in [3.05, 3.63) is 88.0 Å². The number of benzene rings is 2. The molecule has 1 unspecified atom stereocenters. The van der Waals surface area contributed by atoms with Crippen LogP contribution in [0.15, 0.2) is 65.8 Å². The van der Waals surface area contributed by atoms with E-state index < -0.39 is 53.6 Å². The molecule has 2 heterocycles. The highest BCUT2D eigenvalue weighted by Crippen LogP contribution is 2.61. The summed E-state index contributed by atoms with van der Waals surface area (Å²) in [6.07, 6.45) is 12.3. The number of amides is 2. The summed E-state index contributed by atoms with van der Waals surface area (Å²) >= 11 is 0. The molecule has 0 spiro atoms. The van der Waals surface area contributed by atoms with E-state index in [-0.39, 0.29) is 67.3 Å². The monoisotopic (exact) mass is 892 g/mol. The van der Waals surface area contributed by atoms with Gasteiger partial charge in [-0.1, -0.05) is 55.8 Å². The Morgan fingerprint density at radius 1 is 0.923 bits per heavy atom. The molecule has 2 aliphatic heterocycles. The van der Waals surface area contributed by atoms with Gasteiger partial charge in [0, 0.05) is 42.4 Å². The Balaban J connectivity index is 0.889. The zero-order valence-electron chi connectivity index (χ0n) is 39.0. The number of carbonyl (C=O) groups is 4. The van der Waals surface area contributed by atoms with E-state index >= 15 is 0 Å². The molecule has 5 aliphatic carbocycles. The van der Waals surface area contributed by atoms with Gasteiger partial charge in [0.15, 0.2) is 5.79 Å². The maximum absolute atomic E-state index is 14.5. The molecule has 4 saturated carbocycles. The van der Waals surface area contributed by atoms with E-state index in [9.17, 15) is 24.3 Å². The second-order valence-corrected chi connectivity index (χ2v) is 21.8. The Hall–Kier alpha value is -4.36. The molecular formula is C53H68N2O10. The van der Waals surface area contributed by atoms with Crippen LogP contribution in [0.1, 0.15) is 150 Å². The summed E-state index contributed by atoms with van der Waals surface area (Å²) in [7, 11) is 0. The molecule has 0 radical (unpaired) electrons. The predicted molar refractivity (Wildman–Crippen MR) is 243 cm³/mol. The lowest BCUT2D eigenvalue weighted by Gasteiger charge is -2.53. The van der Waals surface area contributed by atoms with E-state index in [1.54, 1.807) is 39.0 Å². The van der Waals surface area contributed by atoms with Gasteiger partial charge in [0.25, 0.3) is 5.91 Å². The third kappa shape index (κ3) is 10.0. The molecule has 12 heteroatoms. The number of fused-ring (bicyclic) bond motifs is 3. The first-order valence-corrected chi connectivity index (χ1v) is 24.2. The quantitative estimate of drug-likeness (QED) is 0.125. The highest BCUT2D eigenvalue weighted by atomic mass is 16.8. The highest BCUT2D eigenvalue weighted by molar-refractivity contribution is 5.96. The zero-order valence-corrected chi connectivity index (χ0v) is 39.0. The summed E-state index contributed by atoms with van der Waals surface area (Å²) in [4.78, 5) is 54.0. The average molecular weight is 893 g/mol. The second kappa shape index (κ2) is 17.7. The largest absolute Gasteiger partial charge is 0.460 e. The summed E-state index contributed by atoms with van der Waals surface area (Å²) in [6.45, 7) is 12.2. The molecule has 2 saturated heterocycles. The number of esters is 2. The number of nitrogens with one attached hydrogen (secondary N) is 2. The second-order valence-electron chi connectivity index (χ2n) is 21.8. The summed E-state index contributed by atoms with van der Waals surface area (Å²) < 4.78 is 31.8. The van der Waals surface area contributed by atoms with Gasteiger partial charge in [0.1, 0.15) is 23.9 Å². The lowest BCUT2D eigenvalue weighted by molar-refractivity contribution is -0.209. The fraction of sp³-hybridized carbons (Fsp3) is 0.623. The summed E-state index contributed by atoms with van der Waals surface area (Å²) in [5.41, 5.74) is 3.84. The van der Waals surface area contributed by atoms with Crippen LogP contribution in [0.3, 0.4) is 0 Å². The minimum absolute atomic E-state index is 0.0138. The van der Waals surface area contributed by atoms with E-state index in [2.05, 4.69) is 37.5 Å². The van der Waals surface area contributed by atoms with Crippen molar-refractivity contribution >= 4 is 29.8 Å². The molecule has 8 atom stereocenters. The van der Waals surface area contributed by atoms with Gasteiger partial charge in [-0.3, -0.25) is 14.4 Å². The Morgan fingerprint density at radius 3 is 2.38 bits per heavy atom. The molecule has 65 heavy (non-hydrogen) atoms. The van der Waals surface area contributed by atoms with Crippen molar-refractivity contribution in [2.75, 3.05) is 6.61 Å². The molecule has 350 valence electrons. The molecule has 9 rings (SSSR count). The number of hydrogen-bond donors (Lipinski definition) is 3. The smallest absolute Gasteiger partial charge is 0.339 e. The molecule has 7 aliphatic rings.